The molecular formula is C20H19N3O5S. The summed E-state index contributed by atoms with van der Waals surface area (Å²) in [5, 5.41) is 2.83. The van der Waals surface area contributed by atoms with Crippen molar-refractivity contribution in [3.8, 4) is 5.75 Å². The highest BCUT2D eigenvalue weighted by Crippen LogP contribution is 2.35. The van der Waals surface area contributed by atoms with Crippen LogP contribution >= 0.6 is 0 Å². The highest BCUT2D eigenvalue weighted by molar-refractivity contribution is 8.06. The summed E-state index contributed by atoms with van der Waals surface area (Å²) in [6.45, 7) is 0.188. The van der Waals surface area contributed by atoms with Gasteiger partial charge in [0.05, 0.1) is 18.8 Å². The molecule has 0 amide bonds. The van der Waals surface area contributed by atoms with Gasteiger partial charge in [-0.3, -0.25) is 8.99 Å². The van der Waals surface area contributed by atoms with E-state index in [2.05, 4.69) is 5.10 Å². The van der Waals surface area contributed by atoms with Crippen LogP contribution in [0.1, 0.15) is 5.56 Å². The molecule has 0 saturated heterocycles. The predicted molar refractivity (Wildman–Crippen MR) is 106 cm³/mol. The maximum atomic E-state index is 13.0. The van der Waals surface area contributed by atoms with Crippen LogP contribution in [0.4, 0.5) is 10.5 Å². The van der Waals surface area contributed by atoms with Crippen molar-refractivity contribution in [2.24, 2.45) is 0 Å². The van der Waals surface area contributed by atoms with Gasteiger partial charge in [-0.1, -0.05) is 42.5 Å². The summed E-state index contributed by atoms with van der Waals surface area (Å²) in [4.78, 5) is 12.5. The molecule has 0 bridgehead atoms. The third-order valence-corrected chi connectivity index (χ3v) is 5.91. The Morgan fingerprint density at radius 2 is 1.86 bits per heavy atom. The molecular weight excluding hydrogens is 394 g/mol. The minimum Gasteiger partial charge on any atom is -0.484 e. The van der Waals surface area contributed by atoms with Crippen molar-refractivity contribution in [3.05, 3.63) is 78.6 Å². The van der Waals surface area contributed by atoms with Crippen molar-refractivity contribution in [3.63, 3.8) is 0 Å². The lowest BCUT2D eigenvalue weighted by Gasteiger charge is -2.34. The summed E-state index contributed by atoms with van der Waals surface area (Å²) < 4.78 is 39.7. The molecule has 1 aliphatic rings. The first-order valence-corrected chi connectivity index (χ1v) is 10.4. The lowest BCUT2D eigenvalue weighted by atomic mass is 10.2. The number of hydrogen-bond acceptors (Lipinski definition) is 6. The molecule has 1 aliphatic heterocycles. The van der Waals surface area contributed by atoms with Crippen LogP contribution in [0.3, 0.4) is 0 Å². The molecule has 0 N–H and O–H groups in total. The maximum absolute atomic E-state index is 13.0. The zero-order valence-electron chi connectivity index (χ0n) is 15.4. The Morgan fingerprint density at radius 1 is 1.10 bits per heavy atom. The Hall–Kier alpha value is -3.33. The van der Waals surface area contributed by atoms with Gasteiger partial charge < -0.3 is 9.47 Å². The Bertz CT molecular complexity index is 1080. The fourth-order valence-corrected chi connectivity index (χ4v) is 4.24. The van der Waals surface area contributed by atoms with E-state index in [9.17, 15) is 13.2 Å². The zero-order chi connectivity index (χ0) is 20.3. The van der Waals surface area contributed by atoms with E-state index in [1.54, 1.807) is 71.7 Å². The van der Waals surface area contributed by atoms with Crippen LogP contribution in [0.25, 0.3) is 0 Å². The van der Waals surface area contributed by atoms with Gasteiger partial charge in [-0.2, -0.15) is 13.5 Å². The number of rotatable bonds is 5. The minimum atomic E-state index is -4.39. The summed E-state index contributed by atoms with van der Waals surface area (Å²) in [5.74, 6) is 0.385. The van der Waals surface area contributed by atoms with Gasteiger partial charge in [-0.15, -0.1) is 0 Å². The van der Waals surface area contributed by atoms with E-state index >= 15 is 0 Å². The summed E-state index contributed by atoms with van der Waals surface area (Å²) in [5.41, 5.74) is 1.01. The number of nitrogens with zero attached hydrogens (tertiary/aromatic N) is 3. The summed E-state index contributed by atoms with van der Waals surface area (Å²) in [7, 11) is -4.39. The monoisotopic (exact) mass is 413 g/mol. The van der Waals surface area contributed by atoms with Crippen LogP contribution in [0.5, 0.6) is 5.75 Å². The normalized spacial score (nSPS) is 16.0. The largest absolute Gasteiger partial charge is 0.484 e. The number of hydrogen-bond donors (Lipinski definition) is 0. The second-order valence-electron chi connectivity index (χ2n) is 6.50. The highest BCUT2D eigenvalue weighted by atomic mass is 32.2. The predicted octanol–water partition coefficient (Wildman–Crippen LogP) is 2.82. The fourth-order valence-electron chi connectivity index (χ4n) is 3.08. The molecule has 0 spiro atoms. The Labute approximate surface area is 168 Å². The number of carbonyl (C=O) groups is 1. The van der Waals surface area contributed by atoms with Gasteiger partial charge in [0, 0.05) is 12.4 Å². The van der Waals surface area contributed by atoms with E-state index in [1.807, 2.05) is 6.07 Å². The van der Waals surface area contributed by atoms with Crippen LogP contribution in [0, 0.1) is 0 Å². The van der Waals surface area contributed by atoms with Crippen LogP contribution < -0.4 is 9.04 Å². The molecule has 2 heterocycles. The van der Waals surface area contributed by atoms with Crippen molar-refractivity contribution in [2.45, 2.75) is 19.3 Å². The molecule has 4 rings (SSSR count). The van der Waals surface area contributed by atoms with Crippen LogP contribution in [0.15, 0.2) is 73.1 Å². The van der Waals surface area contributed by atoms with E-state index in [0.29, 0.717) is 23.5 Å². The summed E-state index contributed by atoms with van der Waals surface area (Å²) in [6, 6.07) is 17.4. The smallest absolute Gasteiger partial charge is 0.445 e. The van der Waals surface area contributed by atoms with E-state index in [1.165, 1.54) is 0 Å². The maximum Gasteiger partial charge on any atom is 0.445 e. The van der Waals surface area contributed by atoms with Crippen LogP contribution in [0.2, 0.25) is 0 Å². The molecule has 0 aliphatic carbocycles. The van der Waals surface area contributed by atoms with Gasteiger partial charge in [0.15, 0.2) is 0 Å². The SMILES string of the molecule is O=C(OCc1ccccc1)S(=O)(=O)N1C[C@H](Cn2cccn2)Oc2ccccc21. The number of carbonyl (C=O) groups excluding carboxylic acids is 1. The van der Waals surface area contributed by atoms with Crippen molar-refractivity contribution < 1.29 is 22.7 Å². The minimum absolute atomic E-state index is 0.0281. The quantitative estimate of drug-likeness (QED) is 0.598. The average Bonchev–Trinajstić information content (AvgIpc) is 3.25. The first-order chi connectivity index (χ1) is 14.0. The number of para-hydroxylation sites is 2. The van der Waals surface area contributed by atoms with E-state index in [-0.39, 0.29) is 13.2 Å². The molecule has 29 heavy (non-hydrogen) atoms. The second-order valence-corrected chi connectivity index (χ2v) is 8.22. The third-order valence-electron chi connectivity index (χ3n) is 4.45. The van der Waals surface area contributed by atoms with Gasteiger partial charge >= 0.3 is 15.3 Å². The van der Waals surface area contributed by atoms with Crippen LogP contribution in [-0.2, 0) is 27.9 Å². The molecule has 8 nitrogen and oxygen atoms in total. The lowest BCUT2D eigenvalue weighted by Crippen LogP contribution is -2.47. The molecule has 1 aromatic heterocycles. The molecule has 150 valence electrons. The lowest BCUT2D eigenvalue weighted by molar-refractivity contribution is 0.163. The molecule has 0 fully saturated rings. The highest BCUT2D eigenvalue weighted by Gasteiger charge is 2.39. The summed E-state index contributed by atoms with van der Waals surface area (Å²) in [6.07, 6.45) is 2.88. The van der Waals surface area contributed by atoms with E-state index in [0.717, 1.165) is 4.31 Å². The van der Waals surface area contributed by atoms with Gasteiger partial charge in [0.1, 0.15) is 18.5 Å². The molecule has 0 unspecified atom stereocenters. The van der Waals surface area contributed by atoms with Gasteiger partial charge in [0.25, 0.3) is 0 Å². The van der Waals surface area contributed by atoms with Gasteiger partial charge in [-0.05, 0) is 23.8 Å². The average molecular weight is 413 g/mol. The molecule has 3 aromatic rings. The van der Waals surface area contributed by atoms with E-state index in [4.69, 9.17) is 9.47 Å². The number of fused-ring (bicyclic) bond motifs is 1. The topological polar surface area (TPSA) is 90.7 Å². The molecule has 9 heteroatoms. The standard InChI is InChI=1S/C20H19N3O5S/c24-20(27-15-16-7-2-1-3-8-16)29(25,26)23-14-17(13-22-12-6-11-21-22)28-19-10-5-4-9-18(19)23/h1-12,17H,13-15H2/t17-/m0/s1. The second kappa shape index (κ2) is 7.96. The van der Waals surface area contributed by atoms with Crippen molar-refractivity contribution in [1.29, 1.82) is 0 Å². The number of benzene rings is 2. The van der Waals surface area contributed by atoms with Crippen molar-refractivity contribution in [1.82, 2.24) is 9.78 Å². The summed E-state index contributed by atoms with van der Waals surface area (Å²) >= 11 is 0. The number of aromatic nitrogens is 2. The number of sulfonamides is 1. The first-order valence-electron chi connectivity index (χ1n) is 9.00. The van der Waals surface area contributed by atoms with Crippen molar-refractivity contribution in [2.75, 3.05) is 10.8 Å². The van der Waals surface area contributed by atoms with Crippen molar-refractivity contribution >= 4 is 21.0 Å². The van der Waals surface area contributed by atoms with E-state index < -0.39 is 21.4 Å². The van der Waals surface area contributed by atoms with Gasteiger partial charge in [-0.25, -0.2) is 4.79 Å². The first kappa shape index (κ1) is 19.0. The zero-order valence-corrected chi connectivity index (χ0v) is 16.2. The van der Waals surface area contributed by atoms with Gasteiger partial charge in [0.2, 0.25) is 0 Å². The Morgan fingerprint density at radius 3 is 2.62 bits per heavy atom. The molecule has 0 radical (unpaired) electrons. The Balaban J connectivity index is 1.56. The Kier molecular flexibility index (Phi) is 5.22. The third kappa shape index (κ3) is 4.09. The molecule has 0 saturated carbocycles. The molecule has 1 atom stereocenters. The number of ether oxygens (including phenoxy) is 2. The molecule has 2 aromatic carbocycles. The number of anilines is 1. The van der Waals surface area contributed by atoms with Crippen LogP contribution in [-0.4, -0.2) is 36.1 Å². The fraction of sp³-hybridized carbons (Fsp3) is 0.200.